The van der Waals surface area contributed by atoms with Gasteiger partial charge >= 0.3 is 0 Å². The van der Waals surface area contributed by atoms with Gasteiger partial charge in [-0.15, -0.1) is 0 Å². The molecule has 0 aliphatic carbocycles. The Balaban J connectivity index is 1.91. The molecule has 24 heavy (non-hydrogen) atoms. The molecule has 1 aromatic heterocycles. The number of rotatable bonds is 5. The van der Waals surface area contributed by atoms with Crippen LogP contribution in [0.15, 0.2) is 6.07 Å². The van der Waals surface area contributed by atoms with Crippen molar-refractivity contribution in [2.75, 3.05) is 13.1 Å². The first-order valence-electron chi connectivity index (χ1n) is 8.80. The molecule has 1 fully saturated rings. The van der Waals surface area contributed by atoms with Crippen LogP contribution in [0.3, 0.4) is 0 Å². The summed E-state index contributed by atoms with van der Waals surface area (Å²) in [6.45, 7) is 7.84. The lowest BCUT2D eigenvalue weighted by Gasteiger charge is -2.32. The Morgan fingerprint density at radius 1 is 1.29 bits per heavy atom. The van der Waals surface area contributed by atoms with E-state index >= 15 is 0 Å². The van der Waals surface area contributed by atoms with Crippen molar-refractivity contribution in [1.29, 1.82) is 0 Å². The molecule has 1 aliphatic rings. The van der Waals surface area contributed by atoms with Crippen molar-refractivity contribution in [3.63, 3.8) is 0 Å². The highest BCUT2D eigenvalue weighted by Crippen LogP contribution is 2.25. The minimum absolute atomic E-state index is 0.0658. The first-order chi connectivity index (χ1) is 11.2. The van der Waals surface area contributed by atoms with Crippen LogP contribution >= 0.6 is 0 Å². The van der Waals surface area contributed by atoms with E-state index < -0.39 is 0 Å². The molecule has 1 aromatic rings. The molecule has 2 rings (SSSR count). The highest BCUT2D eigenvalue weighted by atomic mass is 16.2. The first kappa shape index (κ1) is 18.5. The van der Waals surface area contributed by atoms with Crippen LogP contribution in [0.4, 0.5) is 0 Å². The van der Waals surface area contributed by atoms with E-state index in [1.807, 2.05) is 18.0 Å². The number of nitrogens with zero attached hydrogens (tertiary/aromatic N) is 3. The molecular weight excluding hydrogens is 304 g/mol. The lowest BCUT2D eigenvalue weighted by molar-refractivity contribution is -0.118. The number of primary amides is 1. The van der Waals surface area contributed by atoms with Crippen LogP contribution in [0.5, 0.6) is 0 Å². The largest absolute Gasteiger partial charge is 0.370 e. The van der Waals surface area contributed by atoms with E-state index in [0.717, 1.165) is 44.5 Å². The van der Waals surface area contributed by atoms with Crippen molar-refractivity contribution in [3.05, 3.63) is 17.5 Å². The molecule has 0 saturated carbocycles. The first-order valence-corrected chi connectivity index (χ1v) is 8.80. The summed E-state index contributed by atoms with van der Waals surface area (Å²) in [5.74, 6) is 0.426. The van der Waals surface area contributed by atoms with Crippen LogP contribution in [-0.4, -0.2) is 39.6 Å². The second-order valence-corrected chi connectivity index (χ2v) is 7.88. The van der Waals surface area contributed by atoms with E-state index in [0.29, 0.717) is 18.0 Å². The van der Waals surface area contributed by atoms with Crippen molar-refractivity contribution >= 4 is 11.8 Å². The highest BCUT2D eigenvalue weighted by molar-refractivity contribution is 5.92. The van der Waals surface area contributed by atoms with Gasteiger partial charge in [-0.3, -0.25) is 14.3 Å². The number of nitrogens with two attached hydrogens (primary N) is 1. The molecule has 0 aromatic carbocycles. The number of amides is 2. The number of carbonyl (C=O) groups excluding carboxylic acids is 2. The van der Waals surface area contributed by atoms with Crippen LogP contribution in [-0.2, 0) is 17.3 Å². The SMILES string of the molecule is Cn1nc(C(C)(C)C)cc1C(=O)N1CCC(CCCC(N)=O)CC1. The van der Waals surface area contributed by atoms with Crippen LogP contribution in [0.2, 0.25) is 0 Å². The summed E-state index contributed by atoms with van der Waals surface area (Å²) in [7, 11) is 1.83. The highest BCUT2D eigenvalue weighted by Gasteiger charge is 2.27. The van der Waals surface area contributed by atoms with E-state index in [-0.39, 0.29) is 17.2 Å². The van der Waals surface area contributed by atoms with Crippen molar-refractivity contribution in [2.45, 2.75) is 58.3 Å². The summed E-state index contributed by atoms with van der Waals surface area (Å²) in [4.78, 5) is 25.5. The van der Waals surface area contributed by atoms with Gasteiger partial charge in [0.05, 0.1) is 5.69 Å². The minimum atomic E-state index is -0.228. The molecule has 0 atom stereocenters. The fourth-order valence-corrected chi connectivity index (χ4v) is 3.19. The minimum Gasteiger partial charge on any atom is -0.370 e. The van der Waals surface area contributed by atoms with Gasteiger partial charge in [0.2, 0.25) is 5.91 Å². The van der Waals surface area contributed by atoms with Gasteiger partial charge in [0.1, 0.15) is 5.69 Å². The molecule has 6 nitrogen and oxygen atoms in total. The predicted octanol–water partition coefficient (Wildman–Crippen LogP) is 2.23. The van der Waals surface area contributed by atoms with Crippen LogP contribution in [0.1, 0.15) is 69.1 Å². The number of aromatic nitrogens is 2. The topological polar surface area (TPSA) is 81.2 Å². The van der Waals surface area contributed by atoms with Crippen LogP contribution < -0.4 is 5.73 Å². The van der Waals surface area contributed by atoms with Gasteiger partial charge in [0.15, 0.2) is 0 Å². The maximum absolute atomic E-state index is 12.8. The summed E-state index contributed by atoms with van der Waals surface area (Å²) >= 11 is 0. The molecule has 0 bridgehead atoms. The van der Waals surface area contributed by atoms with Crippen LogP contribution in [0.25, 0.3) is 0 Å². The molecule has 1 saturated heterocycles. The molecule has 2 heterocycles. The zero-order valence-electron chi connectivity index (χ0n) is 15.3. The molecule has 2 N–H and O–H groups in total. The lowest BCUT2D eigenvalue weighted by atomic mass is 9.91. The fraction of sp³-hybridized carbons (Fsp3) is 0.722. The summed E-state index contributed by atoms with van der Waals surface area (Å²) in [6, 6.07) is 1.92. The van der Waals surface area contributed by atoms with Gasteiger partial charge in [0.25, 0.3) is 5.91 Å². The van der Waals surface area contributed by atoms with E-state index in [2.05, 4.69) is 25.9 Å². The van der Waals surface area contributed by atoms with E-state index in [4.69, 9.17) is 5.73 Å². The van der Waals surface area contributed by atoms with E-state index in [9.17, 15) is 9.59 Å². The second kappa shape index (κ2) is 7.36. The van der Waals surface area contributed by atoms with Gasteiger partial charge in [-0.1, -0.05) is 20.8 Å². The zero-order valence-corrected chi connectivity index (χ0v) is 15.3. The third-order valence-electron chi connectivity index (χ3n) is 4.80. The molecule has 134 valence electrons. The Bertz CT molecular complexity index is 593. The molecule has 0 radical (unpaired) electrons. The summed E-state index contributed by atoms with van der Waals surface area (Å²) in [5, 5.41) is 4.50. The summed E-state index contributed by atoms with van der Waals surface area (Å²) in [6.07, 6.45) is 4.32. The number of hydrogen-bond donors (Lipinski definition) is 1. The normalized spacial score (nSPS) is 16.4. The smallest absolute Gasteiger partial charge is 0.272 e. The molecule has 0 unspecified atom stereocenters. The number of carbonyl (C=O) groups is 2. The Labute approximate surface area is 144 Å². The molecule has 6 heteroatoms. The molecule has 0 spiro atoms. The maximum atomic E-state index is 12.8. The van der Waals surface area contributed by atoms with Crippen molar-refractivity contribution in [3.8, 4) is 0 Å². The number of likely N-dealkylation sites (tertiary alicyclic amines) is 1. The Hall–Kier alpha value is -1.85. The van der Waals surface area contributed by atoms with Crippen molar-refractivity contribution < 1.29 is 9.59 Å². The monoisotopic (exact) mass is 334 g/mol. The Kier molecular flexibility index (Phi) is 5.67. The van der Waals surface area contributed by atoms with Gasteiger partial charge in [-0.2, -0.15) is 5.10 Å². The fourth-order valence-electron chi connectivity index (χ4n) is 3.19. The van der Waals surface area contributed by atoms with Gasteiger partial charge in [-0.05, 0) is 37.7 Å². The lowest BCUT2D eigenvalue weighted by Crippen LogP contribution is -2.39. The Morgan fingerprint density at radius 2 is 1.92 bits per heavy atom. The standard InChI is InChI=1S/C18H30N4O2/c1-18(2,3)15-12-14(21(4)20-15)17(24)22-10-8-13(9-11-22)6-5-7-16(19)23/h12-13H,5-11H2,1-4H3,(H2,19,23). The molecular formula is C18H30N4O2. The van der Waals surface area contributed by atoms with Crippen molar-refractivity contribution in [1.82, 2.24) is 14.7 Å². The summed E-state index contributed by atoms with van der Waals surface area (Å²) in [5.41, 5.74) is 6.71. The second-order valence-electron chi connectivity index (χ2n) is 7.88. The third kappa shape index (κ3) is 4.58. The number of aryl methyl sites for hydroxylation is 1. The van der Waals surface area contributed by atoms with Gasteiger partial charge in [-0.25, -0.2) is 0 Å². The van der Waals surface area contributed by atoms with Gasteiger partial charge < -0.3 is 10.6 Å². The number of hydrogen-bond acceptors (Lipinski definition) is 3. The van der Waals surface area contributed by atoms with Crippen molar-refractivity contribution in [2.24, 2.45) is 18.7 Å². The molecule has 2 amide bonds. The average Bonchev–Trinajstić information content (AvgIpc) is 2.89. The van der Waals surface area contributed by atoms with Gasteiger partial charge in [0, 0.05) is 32.0 Å². The molecule has 1 aliphatic heterocycles. The third-order valence-corrected chi connectivity index (χ3v) is 4.80. The van der Waals surface area contributed by atoms with E-state index in [1.54, 1.807) is 4.68 Å². The summed E-state index contributed by atoms with van der Waals surface area (Å²) < 4.78 is 1.70. The number of piperidine rings is 1. The maximum Gasteiger partial charge on any atom is 0.272 e. The van der Waals surface area contributed by atoms with E-state index in [1.165, 1.54) is 0 Å². The quantitative estimate of drug-likeness (QED) is 0.896. The average molecular weight is 334 g/mol. The Morgan fingerprint density at radius 3 is 2.42 bits per heavy atom. The van der Waals surface area contributed by atoms with Crippen LogP contribution in [0, 0.1) is 5.92 Å². The predicted molar refractivity (Wildman–Crippen MR) is 93.6 cm³/mol. The zero-order chi connectivity index (χ0) is 17.9.